The number of hydrogen-bond acceptors (Lipinski definition) is 4. The lowest BCUT2D eigenvalue weighted by Crippen LogP contribution is -2.30. The third-order valence-electron chi connectivity index (χ3n) is 4.15. The normalized spacial score (nSPS) is 14.2. The second kappa shape index (κ2) is 8.38. The van der Waals surface area contributed by atoms with Crippen LogP contribution in [0.5, 0.6) is 11.5 Å². The third kappa shape index (κ3) is 4.28. The summed E-state index contributed by atoms with van der Waals surface area (Å²) in [6, 6.07) is 5.60. The van der Waals surface area contributed by atoms with Gasteiger partial charge in [0.15, 0.2) is 11.5 Å². The molecule has 1 aromatic carbocycles. The number of ether oxygens (including phenoxy) is 2. The molecule has 0 heterocycles. The summed E-state index contributed by atoms with van der Waals surface area (Å²) in [5.74, 6) is 0.0422. The fraction of sp³-hybridized carbons (Fsp3) is 0.444. The predicted octanol–water partition coefficient (Wildman–Crippen LogP) is 2.32. The quantitative estimate of drug-likeness (QED) is 0.800. The average molecular weight is 333 g/mol. The van der Waals surface area contributed by atoms with Gasteiger partial charge in [-0.2, -0.15) is 0 Å². The van der Waals surface area contributed by atoms with Crippen LogP contribution in [0.25, 0.3) is 0 Å². The SMILES string of the molecule is COc1ccc(CCNC(=O)C2=C(C(=O)O)CCCC2)cc1OC. The van der Waals surface area contributed by atoms with E-state index in [0.717, 1.165) is 18.4 Å². The van der Waals surface area contributed by atoms with Crippen molar-refractivity contribution in [2.24, 2.45) is 0 Å². The number of carboxylic acids is 1. The number of hydrogen-bond donors (Lipinski definition) is 2. The van der Waals surface area contributed by atoms with Crippen molar-refractivity contribution in [2.75, 3.05) is 20.8 Å². The van der Waals surface area contributed by atoms with Gasteiger partial charge in [0.1, 0.15) is 0 Å². The van der Waals surface area contributed by atoms with E-state index in [4.69, 9.17) is 9.47 Å². The van der Waals surface area contributed by atoms with E-state index in [9.17, 15) is 14.7 Å². The molecule has 1 aliphatic carbocycles. The molecule has 6 nitrogen and oxygen atoms in total. The molecule has 0 unspecified atom stereocenters. The molecule has 1 amide bonds. The van der Waals surface area contributed by atoms with Crippen LogP contribution in [-0.2, 0) is 16.0 Å². The van der Waals surface area contributed by atoms with E-state index in [2.05, 4.69) is 5.32 Å². The highest BCUT2D eigenvalue weighted by Crippen LogP contribution is 2.28. The average Bonchev–Trinajstić information content (AvgIpc) is 2.61. The van der Waals surface area contributed by atoms with Gasteiger partial charge in [0.05, 0.1) is 14.2 Å². The molecule has 130 valence electrons. The Morgan fingerprint density at radius 3 is 2.38 bits per heavy atom. The van der Waals surface area contributed by atoms with Crippen molar-refractivity contribution in [1.82, 2.24) is 5.32 Å². The van der Waals surface area contributed by atoms with Crippen molar-refractivity contribution in [3.63, 3.8) is 0 Å². The lowest BCUT2D eigenvalue weighted by atomic mass is 9.91. The third-order valence-corrected chi connectivity index (χ3v) is 4.15. The fourth-order valence-corrected chi connectivity index (χ4v) is 2.86. The molecule has 2 rings (SSSR count). The van der Waals surface area contributed by atoms with Crippen LogP contribution >= 0.6 is 0 Å². The zero-order valence-corrected chi connectivity index (χ0v) is 14.1. The standard InChI is InChI=1S/C18H23NO5/c1-23-15-8-7-12(11-16(15)24-2)9-10-19-17(20)13-5-3-4-6-14(13)18(21)22/h7-8,11H,3-6,9-10H2,1-2H3,(H,19,20)(H,21,22). The van der Waals surface area contributed by atoms with E-state index in [0.29, 0.717) is 42.9 Å². The minimum Gasteiger partial charge on any atom is -0.493 e. The molecule has 0 radical (unpaired) electrons. The minimum atomic E-state index is -0.986. The molecule has 0 spiro atoms. The summed E-state index contributed by atoms with van der Waals surface area (Å²) in [7, 11) is 3.15. The first-order chi connectivity index (χ1) is 11.6. The van der Waals surface area contributed by atoms with Crippen LogP contribution in [0.3, 0.4) is 0 Å². The molecular formula is C18H23NO5. The van der Waals surface area contributed by atoms with Gasteiger partial charge in [0.2, 0.25) is 5.91 Å². The Kier molecular flexibility index (Phi) is 6.23. The van der Waals surface area contributed by atoms with E-state index in [1.54, 1.807) is 14.2 Å². The highest BCUT2D eigenvalue weighted by atomic mass is 16.5. The topological polar surface area (TPSA) is 84.9 Å². The highest BCUT2D eigenvalue weighted by molar-refractivity contribution is 6.02. The number of carbonyl (C=O) groups excluding carboxylic acids is 1. The first-order valence-corrected chi connectivity index (χ1v) is 8.01. The van der Waals surface area contributed by atoms with E-state index in [1.807, 2.05) is 18.2 Å². The molecule has 1 aromatic rings. The van der Waals surface area contributed by atoms with Crippen molar-refractivity contribution in [3.8, 4) is 11.5 Å². The van der Waals surface area contributed by atoms with Crippen molar-refractivity contribution >= 4 is 11.9 Å². The zero-order chi connectivity index (χ0) is 17.5. The first-order valence-electron chi connectivity index (χ1n) is 8.01. The number of methoxy groups -OCH3 is 2. The number of carboxylic acid groups (broad SMARTS) is 1. The molecule has 0 fully saturated rings. The summed E-state index contributed by atoms with van der Waals surface area (Å²) >= 11 is 0. The number of amides is 1. The molecule has 6 heteroatoms. The van der Waals surface area contributed by atoms with Crippen LogP contribution in [0.1, 0.15) is 31.2 Å². The number of nitrogens with one attached hydrogen (secondary N) is 1. The molecule has 0 aromatic heterocycles. The van der Waals surface area contributed by atoms with Gasteiger partial charge < -0.3 is 19.9 Å². The monoisotopic (exact) mass is 333 g/mol. The molecular weight excluding hydrogens is 310 g/mol. The Morgan fingerprint density at radius 2 is 1.75 bits per heavy atom. The van der Waals surface area contributed by atoms with E-state index in [-0.39, 0.29) is 11.5 Å². The van der Waals surface area contributed by atoms with Gasteiger partial charge in [-0.15, -0.1) is 0 Å². The fourth-order valence-electron chi connectivity index (χ4n) is 2.86. The molecule has 24 heavy (non-hydrogen) atoms. The van der Waals surface area contributed by atoms with Crippen molar-refractivity contribution < 1.29 is 24.2 Å². The van der Waals surface area contributed by atoms with Gasteiger partial charge in [-0.25, -0.2) is 4.79 Å². The van der Waals surface area contributed by atoms with Crippen molar-refractivity contribution in [2.45, 2.75) is 32.1 Å². The Balaban J connectivity index is 1.96. The summed E-state index contributed by atoms with van der Waals surface area (Å²) < 4.78 is 10.4. The van der Waals surface area contributed by atoms with Crippen LogP contribution in [0.4, 0.5) is 0 Å². The summed E-state index contributed by atoms with van der Waals surface area (Å²) in [5, 5.41) is 12.0. The van der Waals surface area contributed by atoms with Crippen LogP contribution in [0.15, 0.2) is 29.3 Å². The van der Waals surface area contributed by atoms with E-state index < -0.39 is 5.97 Å². The summed E-state index contributed by atoms with van der Waals surface area (Å²) in [4.78, 5) is 23.5. The maximum absolute atomic E-state index is 12.2. The molecule has 0 bridgehead atoms. The maximum atomic E-state index is 12.2. The highest BCUT2D eigenvalue weighted by Gasteiger charge is 2.23. The summed E-state index contributed by atoms with van der Waals surface area (Å²) in [6.07, 6.45) is 3.30. The van der Waals surface area contributed by atoms with Gasteiger partial charge in [-0.05, 0) is 49.8 Å². The number of aliphatic carboxylic acids is 1. The van der Waals surface area contributed by atoms with Crippen molar-refractivity contribution in [3.05, 3.63) is 34.9 Å². The Bertz CT molecular complexity index is 651. The molecule has 2 N–H and O–H groups in total. The van der Waals surface area contributed by atoms with Gasteiger partial charge in [0.25, 0.3) is 0 Å². The maximum Gasteiger partial charge on any atom is 0.332 e. The van der Waals surface area contributed by atoms with Gasteiger partial charge >= 0.3 is 5.97 Å². The first kappa shape index (κ1) is 17.8. The second-order valence-corrected chi connectivity index (χ2v) is 5.66. The summed E-state index contributed by atoms with van der Waals surface area (Å²) in [6.45, 7) is 0.435. The van der Waals surface area contributed by atoms with Crippen molar-refractivity contribution in [1.29, 1.82) is 0 Å². The van der Waals surface area contributed by atoms with Crippen LogP contribution in [0, 0.1) is 0 Å². The van der Waals surface area contributed by atoms with Gasteiger partial charge in [-0.3, -0.25) is 4.79 Å². The molecule has 0 aliphatic heterocycles. The van der Waals surface area contributed by atoms with E-state index >= 15 is 0 Å². The van der Waals surface area contributed by atoms with Crippen LogP contribution in [0.2, 0.25) is 0 Å². The largest absolute Gasteiger partial charge is 0.493 e. The van der Waals surface area contributed by atoms with Gasteiger partial charge in [-0.1, -0.05) is 6.07 Å². The Morgan fingerprint density at radius 1 is 1.08 bits per heavy atom. The minimum absolute atomic E-state index is 0.255. The number of benzene rings is 1. The lowest BCUT2D eigenvalue weighted by Gasteiger charge is -2.17. The summed E-state index contributed by atoms with van der Waals surface area (Å²) in [5.41, 5.74) is 1.68. The molecule has 0 saturated heterocycles. The zero-order valence-electron chi connectivity index (χ0n) is 14.1. The Labute approximate surface area is 141 Å². The van der Waals surface area contributed by atoms with Gasteiger partial charge in [0, 0.05) is 17.7 Å². The smallest absolute Gasteiger partial charge is 0.332 e. The molecule has 0 atom stereocenters. The van der Waals surface area contributed by atoms with Crippen LogP contribution < -0.4 is 14.8 Å². The predicted molar refractivity (Wildman–Crippen MR) is 89.4 cm³/mol. The van der Waals surface area contributed by atoms with Crippen LogP contribution in [-0.4, -0.2) is 37.7 Å². The number of rotatable bonds is 7. The number of carbonyl (C=O) groups is 2. The lowest BCUT2D eigenvalue weighted by molar-refractivity contribution is -0.133. The Hall–Kier alpha value is -2.50. The molecule has 1 aliphatic rings. The van der Waals surface area contributed by atoms with E-state index in [1.165, 1.54) is 0 Å². The molecule has 0 saturated carbocycles. The second-order valence-electron chi connectivity index (χ2n) is 5.66.